The Hall–Kier alpha value is -1.24. The normalized spacial score (nSPS) is 16.2. The fourth-order valence-electron chi connectivity index (χ4n) is 1.66. The Bertz CT molecular complexity index is 350. The number of nitrogens with one attached hydrogen (secondary N) is 1. The van der Waals surface area contributed by atoms with Gasteiger partial charge in [0.2, 0.25) is 0 Å². The summed E-state index contributed by atoms with van der Waals surface area (Å²) in [5.41, 5.74) is 5.67. The molecule has 0 radical (unpaired) electrons. The second kappa shape index (κ2) is 3.25. The van der Waals surface area contributed by atoms with Crippen LogP contribution in [0, 0.1) is 0 Å². The summed E-state index contributed by atoms with van der Waals surface area (Å²) in [7, 11) is 0. The lowest BCUT2D eigenvalue weighted by atomic mass is 10.0. The standard InChI is InChI=1S/C12H15N/c1-9-7-11-5-3-4-6-12(11)13-8-10(9)2/h3-6,13H,7-8H2,1-2H3. The largest absolute Gasteiger partial charge is 0.381 e. The Kier molecular flexibility index (Phi) is 2.09. The number of fused-ring (bicyclic) bond motifs is 1. The molecule has 0 aliphatic carbocycles. The van der Waals surface area contributed by atoms with E-state index in [1.54, 1.807) is 0 Å². The first-order valence-electron chi connectivity index (χ1n) is 4.74. The van der Waals surface area contributed by atoms with Crippen LogP contribution in [0.5, 0.6) is 0 Å². The molecule has 0 bridgehead atoms. The van der Waals surface area contributed by atoms with Crippen molar-refractivity contribution in [1.82, 2.24) is 0 Å². The molecule has 2 rings (SSSR count). The van der Waals surface area contributed by atoms with E-state index in [0.717, 1.165) is 13.0 Å². The monoisotopic (exact) mass is 173 g/mol. The Morgan fingerprint density at radius 2 is 1.85 bits per heavy atom. The molecule has 1 heterocycles. The van der Waals surface area contributed by atoms with E-state index in [1.807, 2.05) is 0 Å². The Labute approximate surface area is 79.5 Å². The Morgan fingerprint density at radius 1 is 1.08 bits per heavy atom. The molecule has 0 saturated carbocycles. The number of hydrogen-bond acceptors (Lipinski definition) is 1. The van der Waals surface area contributed by atoms with Crippen LogP contribution < -0.4 is 5.32 Å². The smallest absolute Gasteiger partial charge is 0.0378 e. The van der Waals surface area contributed by atoms with E-state index in [-0.39, 0.29) is 0 Å². The van der Waals surface area contributed by atoms with Gasteiger partial charge in [-0.3, -0.25) is 0 Å². The Morgan fingerprint density at radius 3 is 2.69 bits per heavy atom. The molecule has 68 valence electrons. The first kappa shape index (κ1) is 8.36. The SMILES string of the molecule is CC1=C(C)Cc2ccccc2NC1. The number of rotatable bonds is 0. The van der Waals surface area contributed by atoms with E-state index in [0.29, 0.717) is 0 Å². The van der Waals surface area contributed by atoms with Crippen LogP contribution >= 0.6 is 0 Å². The minimum atomic E-state index is 0.989. The molecule has 1 N–H and O–H groups in total. The van der Waals surface area contributed by atoms with Gasteiger partial charge < -0.3 is 5.32 Å². The zero-order valence-corrected chi connectivity index (χ0v) is 8.22. The van der Waals surface area contributed by atoms with E-state index in [2.05, 4.69) is 43.4 Å². The highest BCUT2D eigenvalue weighted by Gasteiger charge is 2.08. The maximum absolute atomic E-state index is 3.45. The van der Waals surface area contributed by atoms with Crippen LogP contribution in [0.1, 0.15) is 19.4 Å². The highest BCUT2D eigenvalue weighted by Crippen LogP contribution is 2.23. The maximum atomic E-state index is 3.45. The molecule has 1 aliphatic rings. The van der Waals surface area contributed by atoms with Gasteiger partial charge in [0.15, 0.2) is 0 Å². The van der Waals surface area contributed by atoms with Crippen LogP contribution in [0.3, 0.4) is 0 Å². The van der Waals surface area contributed by atoms with Gasteiger partial charge in [0, 0.05) is 12.2 Å². The quantitative estimate of drug-likeness (QED) is 0.595. The summed E-state index contributed by atoms with van der Waals surface area (Å²) >= 11 is 0. The zero-order valence-electron chi connectivity index (χ0n) is 8.22. The third-order valence-corrected chi connectivity index (χ3v) is 2.75. The summed E-state index contributed by atoms with van der Waals surface area (Å²) in [6, 6.07) is 8.54. The zero-order chi connectivity index (χ0) is 9.26. The van der Waals surface area contributed by atoms with Crippen LogP contribution in [0.4, 0.5) is 5.69 Å². The van der Waals surface area contributed by atoms with E-state index < -0.39 is 0 Å². The molecule has 1 aromatic rings. The molecule has 0 saturated heterocycles. The van der Waals surface area contributed by atoms with Gasteiger partial charge in [-0.1, -0.05) is 29.3 Å². The number of benzene rings is 1. The van der Waals surface area contributed by atoms with E-state index in [1.165, 1.54) is 22.4 Å². The molecule has 0 amide bonds. The summed E-state index contributed by atoms with van der Waals surface area (Å²) in [5, 5.41) is 3.45. The lowest BCUT2D eigenvalue weighted by Gasteiger charge is -2.06. The first-order chi connectivity index (χ1) is 6.27. The van der Waals surface area contributed by atoms with Crippen LogP contribution in [-0.2, 0) is 6.42 Å². The second-order valence-corrected chi connectivity index (χ2v) is 3.75. The van der Waals surface area contributed by atoms with Gasteiger partial charge in [0.25, 0.3) is 0 Å². The highest BCUT2D eigenvalue weighted by atomic mass is 14.9. The number of anilines is 1. The fraction of sp³-hybridized carbons (Fsp3) is 0.333. The molecule has 0 spiro atoms. The molecule has 1 aliphatic heterocycles. The van der Waals surface area contributed by atoms with Crippen molar-refractivity contribution in [3.63, 3.8) is 0 Å². The molecule has 0 unspecified atom stereocenters. The third-order valence-electron chi connectivity index (χ3n) is 2.75. The molecule has 0 aromatic heterocycles. The molecule has 0 fully saturated rings. The van der Waals surface area contributed by atoms with Gasteiger partial charge in [0.1, 0.15) is 0 Å². The van der Waals surface area contributed by atoms with E-state index >= 15 is 0 Å². The minimum absolute atomic E-state index is 0.989. The minimum Gasteiger partial charge on any atom is -0.381 e. The molecular weight excluding hydrogens is 158 g/mol. The molecule has 1 aromatic carbocycles. The predicted molar refractivity (Wildman–Crippen MR) is 57.0 cm³/mol. The van der Waals surface area contributed by atoms with Crippen molar-refractivity contribution in [2.45, 2.75) is 20.3 Å². The van der Waals surface area contributed by atoms with Crippen LogP contribution in [0.2, 0.25) is 0 Å². The fourth-order valence-corrected chi connectivity index (χ4v) is 1.66. The summed E-state index contributed by atoms with van der Waals surface area (Å²) in [6.45, 7) is 5.41. The topological polar surface area (TPSA) is 12.0 Å². The molecule has 0 atom stereocenters. The first-order valence-corrected chi connectivity index (χ1v) is 4.74. The average molecular weight is 173 g/mol. The van der Waals surface area contributed by atoms with Gasteiger partial charge in [0.05, 0.1) is 0 Å². The number of para-hydroxylation sites is 1. The van der Waals surface area contributed by atoms with Crippen LogP contribution in [0.25, 0.3) is 0 Å². The van der Waals surface area contributed by atoms with Crippen molar-refractivity contribution in [2.24, 2.45) is 0 Å². The Balaban J connectivity index is 2.39. The van der Waals surface area contributed by atoms with Gasteiger partial charge >= 0.3 is 0 Å². The highest BCUT2D eigenvalue weighted by molar-refractivity contribution is 5.55. The summed E-state index contributed by atoms with van der Waals surface area (Å²) < 4.78 is 0. The van der Waals surface area contributed by atoms with Crippen molar-refractivity contribution in [3.05, 3.63) is 41.0 Å². The van der Waals surface area contributed by atoms with E-state index in [9.17, 15) is 0 Å². The van der Waals surface area contributed by atoms with Crippen molar-refractivity contribution < 1.29 is 0 Å². The van der Waals surface area contributed by atoms with Gasteiger partial charge in [-0.2, -0.15) is 0 Å². The van der Waals surface area contributed by atoms with Crippen molar-refractivity contribution in [2.75, 3.05) is 11.9 Å². The van der Waals surface area contributed by atoms with Gasteiger partial charge in [-0.05, 0) is 31.9 Å². The van der Waals surface area contributed by atoms with Crippen LogP contribution in [0.15, 0.2) is 35.4 Å². The maximum Gasteiger partial charge on any atom is 0.0378 e. The van der Waals surface area contributed by atoms with Crippen molar-refractivity contribution >= 4 is 5.69 Å². The van der Waals surface area contributed by atoms with E-state index in [4.69, 9.17) is 0 Å². The van der Waals surface area contributed by atoms with Gasteiger partial charge in [-0.15, -0.1) is 0 Å². The average Bonchev–Trinajstić information content (AvgIpc) is 2.28. The summed E-state index contributed by atoms with van der Waals surface area (Å²) in [4.78, 5) is 0. The lowest BCUT2D eigenvalue weighted by Crippen LogP contribution is -2.01. The lowest BCUT2D eigenvalue weighted by molar-refractivity contribution is 1.10. The summed E-state index contributed by atoms with van der Waals surface area (Å²) in [5.74, 6) is 0. The molecule has 1 heteroatoms. The van der Waals surface area contributed by atoms with Crippen molar-refractivity contribution in [1.29, 1.82) is 0 Å². The summed E-state index contributed by atoms with van der Waals surface area (Å²) in [6.07, 6.45) is 1.09. The van der Waals surface area contributed by atoms with Crippen molar-refractivity contribution in [3.8, 4) is 0 Å². The number of hydrogen-bond donors (Lipinski definition) is 1. The molecular formula is C12H15N. The second-order valence-electron chi connectivity index (χ2n) is 3.75. The third kappa shape index (κ3) is 1.59. The predicted octanol–water partition coefficient (Wildman–Crippen LogP) is 2.99. The molecule has 13 heavy (non-hydrogen) atoms. The number of allylic oxidation sites excluding steroid dienone is 1. The van der Waals surface area contributed by atoms with Gasteiger partial charge in [-0.25, -0.2) is 0 Å². The molecule has 1 nitrogen and oxygen atoms in total. The van der Waals surface area contributed by atoms with Crippen LogP contribution in [-0.4, -0.2) is 6.54 Å².